The third-order valence-electron chi connectivity index (χ3n) is 5.56. The molecule has 39 heavy (non-hydrogen) atoms. The van der Waals surface area contributed by atoms with Gasteiger partial charge in [0, 0.05) is 22.9 Å². The van der Waals surface area contributed by atoms with Crippen LogP contribution in [0.15, 0.2) is 63.9 Å². The standard InChI is InChI=1S/C28H23ClN2O7S/c1-3-12-37-27(35)21-13-19(8-10-22(21)29)30-25(33)15-31-26(34)24(39-28(31)36)14-20-9-11-23(38-20)18-6-4-17(5-7-18)16(2)32/h4-11,13-14H,3,12,15H2,1-2H3,(H,30,33)/b24-14+. The van der Waals surface area contributed by atoms with Crippen LogP contribution in [0.5, 0.6) is 0 Å². The summed E-state index contributed by atoms with van der Waals surface area (Å²) >= 11 is 6.77. The van der Waals surface area contributed by atoms with Crippen LogP contribution in [0.2, 0.25) is 5.02 Å². The van der Waals surface area contributed by atoms with Crippen LogP contribution in [-0.2, 0) is 14.3 Å². The van der Waals surface area contributed by atoms with E-state index in [1.165, 1.54) is 31.2 Å². The van der Waals surface area contributed by atoms with E-state index in [1.807, 2.05) is 6.92 Å². The minimum absolute atomic E-state index is 0.0453. The summed E-state index contributed by atoms with van der Waals surface area (Å²) in [4.78, 5) is 62.5. The minimum atomic E-state index is -0.636. The van der Waals surface area contributed by atoms with Crippen LogP contribution in [0, 0.1) is 0 Å². The van der Waals surface area contributed by atoms with Gasteiger partial charge < -0.3 is 14.5 Å². The van der Waals surface area contributed by atoms with Crippen molar-refractivity contribution in [3.8, 4) is 11.3 Å². The third kappa shape index (κ3) is 6.65. The molecule has 1 fully saturated rings. The number of furan rings is 1. The minimum Gasteiger partial charge on any atom is -0.462 e. The molecule has 1 saturated heterocycles. The summed E-state index contributed by atoms with van der Waals surface area (Å²) in [6, 6.07) is 14.6. The number of imide groups is 1. The van der Waals surface area contributed by atoms with Gasteiger partial charge in [0.05, 0.1) is 22.1 Å². The van der Waals surface area contributed by atoms with Crippen LogP contribution < -0.4 is 5.32 Å². The first-order chi connectivity index (χ1) is 18.7. The summed E-state index contributed by atoms with van der Waals surface area (Å²) in [6.45, 7) is 3.05. The fraction of sp³-hybridized carbons (Fsp3) is 0.179. The first-order valence-electron chi connectivity index (χ1n) is 11.9. The number of ketones is 1. The van der Waals surface area contributed by atoms with Gasteiger partial charge in [-0.15, -0.1) is 0 Å². The van der Waals surface area contributed by atoms with Gasteiger partial charge in [-0.25, -0.2) is 4.79 Å². The van der Waals surface area contributed by atoms with Crippen LogP contribution in [0.4, 0.5) is 10.5 Å². The zero-order valence-electron chi connectivity index (χ0n) is 21.0. The van der Waals surface area contributed by atoms with Crippen LogP contribution in [0.25, 0.3) is 17.4 Å². The highest BCUT2D eigenvalue weighted by Crippen LogP contribution is 2.33. The van der Waals surface area contributed by atoms with Crippen molar-refractivity contribution in [3.05, 3.63) is 81.4 Å². The number of rotatable bonds is 9. The summed E-state index contributed by atoms with van der Waals surface area (Å²) in [6.07, 6.45) is 2.08. The van der Waals surface area contributed by atoms with Crippen molar-refractivity contribution in [2.75, 3.05) is 18.5 Å². The summed E-state index contributed by atoms with van der Waals surface area (Å²) in [5.74, 6) is -1.07. The number of ether oxygens (including phenoxy) is 1. The molecule has 4 rings (SSSR count). The second kappa shape index (κ2) is 12.1. The predicted molar refractivity (Wildman–Crippen MR) is 147 cm³/mol. The Hall–Kier alpha value is -4.15. The largest absolute Gasteiger partial charge is 0.462 e. The monoisotopic (exact) mass is 566 g/mol. The highest BCUT2D eigenvalue weighted by Gasteiger charge is 2.36. The fourth-order valence-electron chi connectivity index (χ4n) is 3.60. The molecule has 0 unspecified atom stereocenters. The molecule has 0 aliphatic carbocycles. The van der Waals surface area contributed by atoms with E-state index in [-0.39, 0.29) is 33.6 Å². The Balaban J connectivity index is 1.41. The maximum atomic E-state index is 12.9. The Morgan fingerprint density at radius 1 is 1.08 bits per heavy atom. The van der Waals surface area contributed by atoms with Gasteiger partial charge in [0.1, 0.15) is 18.1 Å². The number of esters is 1. The van der Waals surface area contributed by atoms with Crippen molar-refractivity contribution in [3.63, 3.8) is 0 Å². The smallest absolute Gasteiger partial charge is 0.339 e. The first-order valence-corrected chi connectivity index (χ1v) is 13.1. The van der Waals surface area contributed by atoms with E-state index in [9.17, 15) is 24.0 Å². The Labute approximate surface area is 233 Å². The number of Topliss-reactive ketones (excluding diaryl/α,β-unsaturated/α-hetero) is 1. The normalized spacial score (nSPS) is 14.1. The number of benzene rings is 2. The van der Waals surface area contributed by atoms with Crippen molar-refractivity contribution in [2.24, 2.45) is 0 Å². The van der Waals surface area contributed by atoms with Crippen molar-refractivity contribution in [1.82, 2.24) is 4.90 Å². The molecule has 2 heterocycles. The molecule has 0 radical (unpaired) electrons. The van der Waals surface area contributed by atoms with E-state index < -0.39 is 29.6 Å². The highest BCUT2D eigenvalue weighted by atomic mass is 35.5. The molecule has 200 valence electrons. The summed E-state index contributed by atoms with van der Waals surface area (Å²) in [5.41, 5.74) is 1.67. The molecular formula is C28H23ClN2O7S. The number of carbonyl (C=O) groups excluding carboxylic acids is 5. The lowest BCUT2D eigenvalue weighted by atomic mass is 10.1. The van der Waals surface area contributed by atoms with Gasteiger partial charge in [-0.3, -0.25) is 24.1 Å². The summed E-state index contributed by atoms with van der Waals surface area (Å²) in [7, 11) is 0. The quantitative estimate of drug-likeness (QED) is 0.189. The number of halogens is 1. The van der Waals surface area contributed by atoms with Crippen molar-refractivity contribution >= 4 is 63.9 Å². The lowest BCUT2D eigenvalue weighted by Gasteiger charge is -2.13. The lowest BCUT2D eigenvalue weighted by Crippen LogP contribution is -2.36. The fourth-order valence-corrected chi connectivity index (χ4v) is 4.61. The molecule has 11 heteroatoms. The molecule has 3 aromatic rings. The number of nitrogens with one attached hydrogen (secondary N) is 1. The molecular weight excluding hydrogens is 544 g/mol. The van der Waals surface area contributed by atoms with Crippen molar-refractivity contribution < 1.29 is 33.1 Å². The zero-order valence-corrected chi connectivity index (χ0v) is 22.6. The maximum Gasteiger partial charge on any atom is 0.339 e. The molecule has 0 bridgehead atoms. The van der Waals surface area contributed by atoms with Crippen molar-refractivity contribution in [2.45, 2.75) is 20.3 Å². The van der Waals surface area contributed by atoms with E-state index >= 15 is 0 Å². The number of amides is 3. The number of nitrogens with zero attached hydrogens (tertiary/aromatic N) is 1. The number of carbonyl (C=O) groups is 5. The molecule has 0 saturated carbocycles. The van der Waals surface area contributed by atoms with E-state index in [4.69, 9.17) is 20.8 Å². The molecule has 3 amide bonds. The summed E-state index contributed by atoms with van der Waals surface area (Å²) in [5, 5.41) is 2.13. The van der Waals surface area contributed by atoms with Crippen LogP contribution in [-0.4, -0.2) is 46.9 Å². The van der Waals surface area contributed by atoms with Gasteiger partial charge in [-0.1, -0.05) is 42.8 Å². The Bertz CT molecular complexity index is 1490. The first kappa shape index (κ1) is 27.9. The Kier molecular flexibility index (Phi) is 8.68. The molecule has 1 N–H and O–H groups in total. The van der Waals surface area contributed by atoms with Crippen LogP contribution in [0.1, 0.15) is 46.7 Å². The molecule has 0 atom stereocenters. The molecule has 0 spiro atoms. The van der Waals surface area contributed by atoms with Gasteiger partial charge in [0.2, 0.25) is 5.91 Å². The van der Waals surface area contributed by atoms with E-state index in [1.54, 1.807) is 36.4 Å². The second-order valence-electron chi connectivity index (χ2n) is 8.48. The average Bonchev–Trinajstić information content (AvgIpc) is 3.48. The Morgan fingerprint density at radius 3 is 2.51 bits per heavy atom. The number of anilines is 1. The summed E-state index contributed by atoms with van der Waals surface area (Å²) < 4.78 is 10.9. The topological polar surface area (TPSA) is 123 Å². The van der Waals surface area contributed by atoms with E-state index in [0.29, 0.717) is 35.3 Å². The van der Waals surface area contributed by atoms with Crippen molar-refractivity contribution in [1.29, 1.82) is 0 Å². The molecule has 1 aliphatic rings. The van der Waals surface area contributed by atoms with Crippen LogP contribution in [0.3, 0.4) is 0 Å². The van der Waals surface area contributed by atoms with E-state index in [0.717, 1.165) is 10.5 Å². The second-order valence-corrected chi connectivity index (χ2v) is 9.88. The van der Waals surface area contributed by atoms with Crippen LogP contribution >= 0.6 is 23.4 Å². The number of thioether (sulfide) groups is 1. The molecule has 1 aromatic heterocycles. The molecule has 9 nitrogen and oxygen atoms in total. The Morgan fingerprint density at radius 2 is 1.82 bits per heavy atom. The lowest BCUT2D eigenvalue weighted by molar-refractivity contribution is -0.127. The predicted octanol–water partition coefficient (Wildman–Crippen LogP) is 6.04. The van der Waals surface area contributed by atoms with E-state index in [2.05, 4.69) is 5.32 Å². The average molecular weight is 567 g/mol. The molecule has 2 aromatic carbocycles. The third-order valence-corrected chi connectivity index (χ3v) is 6.80. The molecule has 1 aliphatic heterocycles. The van der Waals surface area contributed by atoms with Gasteiger partial charge in [-0.05, 0) is 55.4 Å². The van der Waals surface area contributed by atoms with Gasteiger partial charge in [0.15, 0.2) is 5.78 Å². The SMILES string of the molecule is CCCOC(=O)c1cc(NC(=O)CN2C(=O)S/C(=C/c3ccc(-c4ccc(C(C)=O)cc4)o3)C2=O)ccc1Cl. The highest BCUT2D eigenvalue weighted by molar-refractivity contribution is 8.18. The van der Waals surface area contributed by atoms with Gasteiger partial charge >= 0.3 is 5.97 Å². The van der Waals surface area contributed by atoms with Gasteiger partial charge in [0.25, 0.3) is 11.1 Å². The van der Waals surface area contributed by atoms with Gasteiger partial charge in [-0.2, -0.15) is 0 Å². The number of hydrogen-bond acceptors (Lipinski definition) is 8. The zero-order chi connectivity index (χ0) is 28.1. The maximum absolute atomic E-state index is 12.9. The number of hydrogen-bond donors (Lipinski definition) is 1.